The molecule has 0 aliphatic carbocycles. The lowest BCUT2D eigenvalue weighted by molar-refractivity contribution is 0.0905. The van der Waals surface area contributed by atoms with Crippen LogP contribution in [0.15, 0.2) is 42.5 Å². The van der Waals surface area contributed by atoms with Crippen LogP contribution in [-0.4, -0.2) is 36.4 Å². The smallest absolute Gasteiger partial charge is 0.173 e. The van der Waals surface area contributed by atoms with Gasteiger partial charge in [-0.25, -0.2) is 0 Å². The van der Waals surface area contributed by atoms with Gasteiger partial charge in [-0.05, 0) is 67.2 Å². The third-order valence-corrected chi connectivity index (χ3v) is 5.50. The van der Waals surface area contributed by atoms with Crippen molar-refractivity contribution < 1.29 is 9.47 Å². The Hall–Kier alpha value is -2.11. The van der Waals surface area contributed by atoms with E-state index >= 15 is 0 Å². The highest BCUT2D eigenvalue weighted by Gasteiger charge is 2.22. The highest BCUT2D eigenvalue weighted by Crippen LogP contribution is 2.26. The summed E-state index contributed by atoms with van der Waals surface area (Å²) in [6.07, 6.45) is 3.48. The molecule has 3 rings (SSSR count). The molecule has 1 atom stereocenters. The maximum Gasteiger partial charge on any atom is 0.173 e. The van der Waals surface area contributed by atoms with Crippen molar-refractivity contribution in [2.75, 3.05) is 25.6 Å². The maximum absolute atomic E-state index is 5.87. The summed E-state index contributed by atoms with van der Waals surface area (Å²) >= 11 is 5.79. The van der Waals surface area contributed by atoms with Crippen LogP contribution >= 0.6 is 12.2 Å². The average molecular weight is 399 g/mol. The average Bonchev–Trinajstić information content (AvgIpc) is 3.21. The Labute approximate surface area is 173 Å². The summed E-state index contributed by atoms with van der Waals surface area (Å²) in [6, 6.07) is 14.8. The SMILES string of the molecule is CCc1ccc(CN(CC2CCCO2)C(=S)Nc2cc(C)ccc2OC)cc1. The Bertz CT molecular complexity index is 786. The Kier molecular flexibility index (Phi) is 7.29. The summed E-state index contributed by atoms with van der Waals surface area (Å²) in [6.45, 7) is 6.62. The van der Waals surface area contributed by atoms with Crippen molar-refractivity contribution in [2.45, 2.75) is 45.8 Å². The van der Waals surface area contributed by atoms with E-state index in [1.54, 1.807) is 7.11 Å². The van der Waals surface area contributed by atoms with Crippen LogP contribution < -0.4 is 10.1 Å². The number of rotatable bonds is 7. The second-order valence-electron chi connectivity index (χ2n) is 7.32. The monoisotopic (exact) mass is 398 g/mol. The van der Waals surface area contributed by atoms with Gasteiger partial charge in [0, 0.05) is 19.7 Å². The third-order valence-electron chi connectivity index (χ3n) is 5.14. The number of nitrogens with zero attached hydrogens (tertiary/aromatic N) is 1. The van der Waals surface area contributed by atoms with Gasteiger partial charge < -0.3 is 19.7 Å². The highest BCUT2D eigenvalue weighted by molar-refractivity contribution is 7.80. The third kappa shape index (κ3) is 5.46. The van der Waals surface area contributed by atoms with E-state index in [-0.39, 0.29) is 6.10 Å². The number of aryl methyl sites for hydroxylation is 2. The number of thiocarbonyl (C=S) groups is 1. The number of ether oxygens (including phenoxy) is 2. The summed E-state index contributed by atoms with van der Waals surface area (Å²) in [5.74, 6) is 0.789. The Morgan fingerprint density at radius 2 is 1.96 bits per heavy atom. The number of hydrogen-bond donors (Lipinski definition) is 1. The van der Waals surface area contributed by atoms with Crippen molar-refractivity contribution in [3.05, 3.63) is 59.2 Å². The fraction of sp³-hybridized carbons (Fsp3) is 0.435. The topological polar surface area (TPSA) is 33.7 Å². The van der Waals surface area contributed by atoms with E-state index in [9.17, 15) is 0 Å². The molecule has 1 aliphatic rings. The second-order valence-corrected chi connectivity index (χ2v) is 7.71. The molecule has 0 spiro atoms. The van der Waals surface area contributed by atoms with Crippen molar-refractivity contribution >= 4 is 23.0 Å². The van der Waals surface area contributed by atoms with Crippen LogP contribution in [0.3, 0.4) is 0 Å². The molecule has 1 N–H and O–H groups in total. The fourth-order valence-corrected chi connectivity index (χ4v) is 3.72. The van der Waals surface area contributed by atoms with Gasteiger partial charge in [-0.15, -0.1) is 0 Å². The Morgan fingerprint density at radius 1 is 1.21 bits per heavy atom. The summed E-state index contributed by atoms with van der Waals surface area (Å²) in [7, 11) is 1.68. The molecule has 1 fully saturated rings. The van der Waals surface area contributed by atoms with E-state index in [4.69, 9.17) is 21.7 Å². The molecule has 1 saturated heterocycles. The number of anilines is 1. The zero-order valence-electron chi connectivity index (χ0n) is 17.0. The number of benzene rings is 2. The molecule has 0 amide bonds. The Morgan fingerprint density at radius 3 is 2.61 bits per heavy atom. The number of nitrogens with one attached hydrogen (secondary N) is 1. The second kappa shape index (κ2) is 9.89. The molecule has 0 radical (unpaired) electrons. The van der Waals surface area contributed by atoms with E-state index in [0.717, 1.165) is 56.0 Å². The van der Waals surface area contributed by atoms with E-state index in [1.807, 2.05) is 12.1 Å². The summed E-state index contributed by atoms with van der Waals surface area (Å²) in [4.78, 5) is 2.20. The van der Waals surface area contributed by atoms with Gasteiger partial charge in [-0.3, -0.25) is 0 Å². The summed E-state index contributed by atoms with van der Waals surface area (Å²) in [5.41, 5.74) is 4.65. The van der Waals surface area contributed by atoms with Gasteiger partial charge in [0.1, 0.15) is 5.75 Å². The molecule has 2 aromatic carbocycles. The van der Waals surface area contributed by atoms with Gasteiger partial charge in [-0.1, -0.05) is 37.3 Å². The minimum absolute atomic E-state index is 0.231. The molecule has 1 unspecified atom stereocenters. The van der Waals surface area contributed by atoms with Crippen LogP contribution in [0, 0.1) is 6.92 Å². The molecule has 1 heterocycles. The molecule has 4 nitrogen and oxygen atoms in total. The van der Waals surface area contributed by atoms with Gasteiger partial charge in [0.2, 0.25) is 0 Å². The predicted molar refractivity (Wildman–Crippen MR) is 119 cm³/mol. The molecule has 5 heteroatoms. The molecule has 2 aromatic rings. The van der Waals surface area contributed by atoms with Crippen molar-refractivity contribution in [1.82, 2.24) is 4.90 Å². The van der Waals surface area contributed by atoms with Crippen molar-refractivity contribution in [1.29, 1.82) is 0 Å². The van der Waals surface area contributed by atoms with Crippen LogP contribution in [0.1, 0.15) is 36.5 Å². The van der Waals surface area contributed by atoms with Crippen LogP contribution in [0.25, 0.3) is 0 Å². The van der Waals surface area contributed by atoms with Gasteiger partial charge in [0.05, 0.1) is 18.9 Å². The lowest BCUT2D eigenvalue weighted by Gasteiger charge is -2.29. The fourth-order valence-electron chi connectivity index (χ4n) is 3.47. The van der Waals surface area contributed by atoms with E-state index in [1.165, 1.54) is 11.1 Å². The molecule has 28 heavy (non-hydrogen) atoms. The van der Waals surface area contributed by atoms with E-state index < -0.39 is 0 Å². The lowest BCUT2D eigenvalue weighted by atomic mass is 10.1. The van der Waals surface area contributed by atoms with Gasteiger partial charge >= 0.3 is 0 Å². The largest absolute Gasteiger partial charge is 0.495 e. The Balaban J connectivity index is 1.76. The minimum Gasteiger partial charge on any atom is -0.495 e. The first kappa shape index (κ1) is 20.6. The molecule has 1 aliphatic heterocycles. The summed E-state index contributed by atoms with van der Waals surface area (Å²) in [5, 5.41) is 4.09. The lowest BCUT2D eigenvalue weighted by Crippen LogP contribution is -2.39. The van der Waals surface area contributed by atoms with Gasteiger partial charge in [0.15, 0.2) is 5.11 Å². The van der Waals surface area contributed by atoms with Gasteiger partial charge in [0.25, 0.3) is 0 Å². The standard InChI is InChI=1S/C23H30N2O2S/c1-4-18-8-10-19(11-9-18)15-25(16-20-6-5-13-27-20)23(28)24-21-14-17(2)7-12-22(21)26-3/h7-12,14,20H,4-6,13,15-16H2,1-3H3,(H,24,28). The quantitative estimate of drug-likeness (QED) is 0.668. The van der Waals surface area contributed by atoms with Crippen LogP contribution in [0.2, 0.25) is 0 Å². The van der Waals surface area contributed by atoms with Crippen LogP contribution in [-0.2, 0) is 17.7 Å². The van der Waals surface area contributed by atoms with Crippen LogP contribution in [0.4, 0.5) is 5.69 Å². The zero-order valence-corrected chi connectivity index (χ0v) is 17.8. The van der Waals surface area contributed by atoms with E-state index in [0.29, 0.717) is 5.11 Å². The normalized spacial score (nSPS) is 16.0. The minimum atomic E-state index is 0.231. The summed E-state index contributed by atoms with van der Waals surface area (Å²) < 4.78 is 11.4. The maximum atomic E-state index is 5.87. The number of hydrogen-bond acceptors (Lipinski definition) is 3. The molecular weight excluding hydrogens is 368 g/mol. The first-order chi connectivity index (χ1) is 13.6. The molecule has 150 valence electrons. The van der Waals surface area contributed by atoms with Crippen molar-refractivity contribution in [3.8, 4) is 5.75 Å². The van der Waals surface area contributed by atoms with Crippen molar-refractivity contribution in [3.63, 3.8) is 0 Å². The first-order valence-electron chi connectivity index (χ1n) is 9.99. The molecule has 0 aromatic heterocycles. The highest BCUT2D eigenvalue weighted by atomic mass is 32.1. The van der Waals surface area contributed by atoms with Crippen molar-refractivity contribution in [2.24, 2.45) is 0 Å². The number of methoxy groups -OCH3 is 1. The molecular formula is C23H30N2O2S. The first-order valence-corrected chi connectivity index (χ1v) is 10.4. The zero-order chi connectivity index (χ0) is 19.9. The predicted octanol–water partition coefficient (Wildman–Crippen LogP) is 4.94. The van der Waals surface area contributed by atoms with E-state index in [2.05, 4.69) is 54.4 Å². The van der Waals surface area contributed by atoms with Crippen LogP contribution in [0.5, 0.6) is 5.75 Å². The van der Waals surface area contributed by atoms with Gasteiger partial charge in [-0.2, -0.15) is 0 Å². The molecule has 0 saturated carbocycles. The molecule has 0 bridgehead atoms.